The number of carbonyl (C=O) groups is 2. The minimum atomic E-state index is -4.12. The van der Waals surface area contributed by atoms with E-state index in [1.807, 2.05) is 6.92 Å². The number of unbranched alkanes of at least 4 members (excludes halogenated alkanes) is 1. The van der Waals surface area contributed by atoms with E-state index in [4.69, 9.17) is 23.2 Å². The predicted molar refractivity (Wildman–Crippen MR) is 160 cm³/mol. The quantitative estimate of drug-likeness (QED) is 0.233. The number of halogens is 3. The van der Waals surface area contributed by atoms with Gasteiger partial charge in [-0.05, 0) is 67.4 Å². The zero-order valence-corrected chi connectivity index (χ0v) is 25.5. The number of rotatable bonds is 12. The van der Waals surface area contributed by atoms with Crippen LogP contribution in [0.1, 0.15) is 32.3 Å². The number of nitrogens with zero attached hydrogens (tertiary/aromatic N) is 2. The number of sulfonamides is 1. The van der Waals surface area contributed by atoms with Crippen molar-refractivity contribution in [2.24, 2.45) is 0 Å². The Bertz CT molecular complexity index is 1390. The van der Waals surface area contributed by atoms with Crippen LogP contribution >= 0.6 is 39.1 Å². The summed E-state index contributed by atoms with van der Waals surface area (Å²) in [4.78, 5) is 28.3. The number of hydrogen-bond donors (Lipinski definition) is 1. The second-order valence-corrected chi connectivity index (χ2v) is 12.5. The smallest absolute Gasteiger partial charge is 0.264 e. The van der Waals surface area contributed by atoms with E-state index >= 15 is 0 Å². The van der Waals surface area contributed by atoms with Crippen molar-refractivity contribution in [2.75, 3.05) is 17.4 Å². The molecule has 1 atom stereocenters. The van der Waals surface area contributed by atoms with E-state index < -0.39 is 28.5 Å². The molecule has 3 aromatic rings. The molecule has 0 spiro atoms. The molecular weight excluding hydrogens is 625 g/mol. The summed E-state index contributed by atoms with van der Waals surface area (Å²) in [5.74, 6) is -0.912. The highest BCUT2D eigenvalue weighted by molar-refractivity contribution is 9.10. The molecule has 0 saturated heterocycles. The number of amides is 2. The number of anilines is 1. The van der Waals surface area contributed by atoms with Crippen LogP contribution in [-0.4, -0.2) is 44.3 Å². The molecule has 0 heterocycles. The third-order valence-electron chi connectivity index (χ3n) is 6.08. The van der Waals surface area contributed by atoms with Crippen LogP contribution in [0.5, 0.6) is 0 Å². The summed E-state index contributed by atoms with van der Waals surface area (Å²) in [7, 11) is -4.12. The maximum atomic E-state index is 13.9. The molecule has 2 amide bonds. The molecule has 0 aliphatic carbocycles. The van der Waals surface area contributed by atoms with Crippen LogP contribution in [0.4, 0.5) is 5.69 Å². The van der Waals surface area contributed by atoms with Crippen molar-refractivity contribution in [3.63, 3.8) is 0 Å². The van der Waals surface area contributed by atoms with E-state index in [1.54, 1.807) is 67.6 Å². The fraction of sp³-hybridized carbons (Fsp3) is 0.286. The zero-order chi connectivity index (χ0) is 28.6. The number of benzene rings is 3. The van der Waals surface area contributed by atoms with Gasteiger partial charge in [0.2, 0.25) is 11.8 Å². The minimum absolute atomic E-state index is 0.0171. The lowest BCUT2D eigenvalue weighted by molar-refractivity contribution is -0.139. The fourth-order valence-electron chi connectivity index (χ4n) is 3.81. The maximum absolute atomic E-state index is 13.9. The third-order valence-corrected chi connectivity index (χ3v) is 8.98. The summed E-state index contributed by atoms with van der Waals surface area (Å²) in [6, 6.07) is 18.5. The SMILES string of the molecule is CCCCNC(=O)[C@@H](C)N(Cc1ccc(Cl)cc1Cl)C(=O)CN(c1ccc(Br)cc1)S(=O)(=O)c1ccccc1. The first-order valence-corrected chi connectivity index (χ1v) is 15.4. The van der Waals surface area contributed by atoms with Crippen LogP contribution in [0.2, 0.25) is 10.0 Å². The van der Waals surface area contributed by atoms with Crippen molar-refractivity contribution in [2.45, 2.75) is 44.2 Å². The van der Waals surface area contributed by atoms with Crippen LogP contribution in [0, 0.1) is 0 Å². The summed E-state index contributed by atoms with van der Waals surface area (Å²) in [6.45, 7) is 3.54. The third kappa shape index (κ3) is 8.20. The molecule has 0 bridgehead atoms. The molecule has 0 unspecified atom stereocenters. The van der Waals surface area contributed by atoms with Gasteiger partial charge in [-0.3, -0.25) is 13.9 Å². The Hall–Kier alpha value is -2.59. The molecule has 0 aromatic heterocycles. The molecule has 0 radical (unpaired) electrons. The molecule has 7 nitrogen and oxygen atoms in total. The lowest BCUT2D eigenvalue weighted by atomic mass is 10.1. The van der Waals surface area contributed by atoms with Gasteiger partial charge in [0.05, 0.1) is 10.6 Å². The van der Waals surface area contributed by atoms with E-state index in [1.165, 1.54) is 17.0 Å². The normalized spacial score (nSPS) is 12.0. The van der Waals surface area contributed by atoms with Crippen LogP contribution in [0.3, 0.4) is 0 Å². The first kappa shape index (κ1) is 30.9. The van der Waals surface area contributed by atoms with Crippen LogP contribution in [0.15, 0.2) is 82.2 Å². The van der Waals surface area contributed by atoms with Gasteiger partial charge in [0.15, 0.2) is 0 Å². The second kappa shape index (κ2) is 14.2. The van der Waals surface area contributed by atoms with Crippen molar-refractivity contribution < 1.29 is 18.0 Å². The summed E-state index contributed by atoms with van der Waals surface area (Å²) >= 11 is 15.8. The Morgan fingerprint density at radius 2 is 1.67 bits per heavy atom. The Balaban J connectivity index is 2.00. The Kier molecular flexibility index (Phi) is 11.2. The summed E-state index contributed by atoms with van der Waals surface area (Å²) in [5.41, 5.74) is 0.878. The highest BCUT2D eigenvalue weighted by atomic mass is 79.9. The summed E-state index contributed by atoms with van der Waals surface area (Å²) in [6.07, 6.45) is 1.69. The monoisotopic (exact) mass is 653 g/mol. The molecule has 3 rings (SSSR count). The molecule has 208 valence electrons. The largest absolute Gasteiger partial charge is 0.354 e. The molecule has 39 heavy (non-hydrogen) atoms. The van der Waals surface area contributed by atoms with Crippen molar-refractivity contribution >= 4 is 66.7 Å². The van der Waals surface area contributed by atoms with Crippen LogP contribution in [-0.2, 0) is 26.2 Å². The second-order valence-electron chi connectivity index (χ2n) is 8.88. The van der Waals surface area contributed by atoms with Gasteiger partial charge in [0.25, 0.3) is 10.0 Å². The van der Waals surface area contributed by atoms with Gasteiger partial charge in [-0.2, -0.15) is 0 Å². The molecule has 0 saturated carbocycles. The Morgan fingerprint density at radius 1 is 1.00 bits per heavy atom. The average molecular weight is 655 g/mol. The summed E-state index contributed by atoms with van der Waals surface area (Å²) < 4.78 is 29.3. The molecule has 0 aliphatic heterocycles. The molecule has 0 fully saturated rings. The molecule has 0 aliphatic rings. The van der Waals surface area contributed by atoms with E-state index in [0.29, 0.717) is 27.8 Å². The molecular formula is C28H30BrCl2N3O4S. The standard InChI is InChI=1S/C28H30BrCl2N3O4S/c1-3-4-16-32-28(36)20(2)33(18-21-10-13-23(30)17-26(21)31)27(35)19-34(24-14-11-22(29)12-15-24)39(37,38)25-8-6-5-7-9-25/h5-15,17,20H,3-4,16,18-19H2,1-2H3,(H,32,36)/t20-/m1/s1. The number of hydrogen-bond acceptors (Lipinski definition) is 4. The van der Waals surface area contributed by atoms with Crippen LogP contribution in [0.25, 0.3) is 0 Å². The van der Waals surface area contributed by atoms with Crippen molar-refractivity contribution in [3.05, 3.63) is 92.9 Å². The van der Waals surface area contributed by atoms with Crippen LogP contribution < -0.4 is 9.62 Å². The predicted octanol–water partition coefficient (Wildman–Crippen LogP) is 6.28. The van der Waals surface area contributed by atoms with E-state index in [0.717, 1.165) is 21.6 Å². The Labute approximate surface area is 248 Å². The lowest BCUT2D eigenvalue weighted by Gasteiger charge is -2.32. The molecule has 11 heteroatoms. The van der Waals surface area contributed by atoms with Crippen molar-refractivity contribution in [1.29, 1.82) is 0 Å². The highest BCUT2D eigenvalue weighted by Gasteiger charge is 2.32. The van der Waals surface area contributed by atoms with Gasteiger partial charge in [-0.1, -0.05) is 76.7 Å². The van der Waals surface area contributed by atoms with Gasteiger partial charge < -0.3 is 10.2 Å². The van der Waals surface area contributed by atoms with Gasteiger partial charge in [-0.25, -0.2) is 8.42 Å². The maximum Gasteiger partial charge on any atom is 0.264 e. The van der Waals surface area contributed by atoms with Gasteiger partial charge in [0.1, 0.15) is 12.6 Å². The minimum Gasteiger partial charge on any atom is -0.354 e. The zero-order valence-electron chi connectivity index (χ0n) is 21.6. The summed E-state index contributed by atoms with van der Waals surface area (Å²) in [5, 5.41) is 3.62. The Morgan fingerprint density at radius 3 is 2.28 bits per heavy atom. The first-order valence-electron chi connectivity index (χ1n) is 12.4. The van der Waals surface area contributed by atoms with E-state index in [9.17, 15) is 18.0 Å². The van der Waals surface area contributed by atoms with E-state index in [-0.39, 0.29) is 17.3 Å². The van der Waals surface area contributed by atoms with Crippen molar-refractivity contribution in [1.82, 2.24) is 10.2 Å². The highest BCUT2D eigenvalue weighted by Crippen LogP contribution is 2.27. The average Bonchev–Trinajstić information content (AvgIpc) is 2.92. The number of carbonyl (C=O) groups excluding carboxylic acids is 2. The van der Waals surface area contributed by atoms with Crippen molar-refractivity contribution in [3.8, 4) is 0 Å². The molecule has 1 N–H and O–H groups in total. The van der Waals surface area contributed by atoms with Gasteiger partial charge >= 0.3 is 0 Å². The van der Waals surface area contributed by atoms with Gasteiger partial charge in [0, 0.05) is 27.6 Å². The molecule has 3 aromatic carbocycles. The van der Waals surface area contributed by atoms with Gasteiger partial charge in [-0.15, -0.1) is 0 Å². The topological polar surface area (TPSA) is 86.8 Å². The first-order chi connectivity index (χ1) is 18.5. The lowest BCUT2D eigenvalue weighted by Crippen LogP contribution is -2.51. The fourth-order valence-corrected chi connectivity index (χ4v) is 5.98. The number of nitrogens with one attached hydrogen (secondary N) is 1. The van der Waals surface area contributed by atoms with E-state index in [2.05, 4.69) is 21.2 Å².